The third-order valence-electron chi connectivity index (χ3n) is 5.37. The van der Waals surface area contributed by atoms with Gasteiger partial charge in [-0.2, -0.15) is 0 Å². The van der Waals surface area contributed by atoms with Gasteiger partial charge in [-0.3, -0.25) is 14.7 Å². The second-order valence-corrected chi connectivity index (χ2v) is 8.44. The number of pyridine rings is 1. The van der Waals surface area contributed by atoms with Gasteiger partial charge in [-0.15, -0.1) is 5.10 Å². The highest BCUT2D eigenvalue weighted by Crippen LogP contribution is 2.33. The van der Waals surface area contributed by atoms with Gasteiger partial charge in [0, 0.05) is 12.4 Å². The summed E-state index contributed by atoms with van der Waals surface area (Å²) in [5, 5.41) is 9.01. The summed E-state index contributed by atoms with van der Waals surface area (Å²) < 4.78 is 2.70. The number of thiazole rings is 1. The third-order valence-corrected chi connectivity index (χ3v) is 6.42. The third kappa shape index (κ3) is 3.66. The van der Waals surface area contributed by atoms with E-state index in [4.69, 9.17) is 4.98 Å². The van der Waals surface area contributed by atoms with Gasteiger partial charge in [0.15, 0.2) is 5.13 Å². The van der Waals surface area contributed by atoms with Crippen LogP contribution < -0.4 is 4.90 Å². The number of para-hydroxylation sites is 1. The van der Waals surface area contributed by atoms with Gasteiger partial charge in [0.25, 0.3) is 5.91 Å². The zero-order valence-electron chi connectivity index (χ0n) is 17.2. The second-order valence-electron chi connectivity index (χ2n) is 7.43. The molecule has 0 atom stereocenters. The fraction of sp³-hybridized carbons (Fsp3) is 0.174. The van der Waals surface area contributed by atoms with Crippen LogP contribution in [0, 0.1) is 13.8 Å². The molecule has 1 amide bonds. The number of aryl methyl sites for hydroxylation is 2. The molecule has 0 aliphatic carbocycles. The van der Waals surface area contributed by atoms with Crippen molar-refractivity contribution in [1.82, 2.24) is 25.0 Å². The maximum absolute atomic E-state index is 13.5. The van der Waals surface area contributed by atoms with E-state index in [0.29, 0.717) is 11.7 Å². The van der Waals surface area contributed by atoms with Gasteiger partial charge in [-0.1, -0.05) is 40.8 Å². The Bertz CT molecular complexity index is 1390. The molecule has 0 unspecified atom stereocenters. The van der Waals surface area contributed by atoms with Crippen molar-refractivity contribution in [3.63, 3.8) is 0 Å². The van der Waals surface area contributed by atoms with E-state index in [1.54, 1.807) is 22.0 Å². The van der Waals surface area contributed by atoms with E-state index >= 15 is 0 Å². The first-order valence-corrected chi connectivity index (χ1v) is 10.8. The molecule has 0 aliphatic heterocycles. The Balaban J connectivity index is 1.54. The van der Waals surface area contributed by atoms with Crippen molar-refractivity contribution in [1.29, 1.82) is 0 Å². The summed E-state index contributed by atoms with van der Waals surface area (Å²) in [6.07, 6.45) is 3.49. The van der Waals surface area contributed by atoms with E-state index in [2.05, 4.69) is 41.3 Å². The van der Waals surface area contributed by atoms with Crippen molar-refractivity contribution in [3.8, 4) is 0 Å². The summed E-state index contributed by atoms with van der Waals surface area (Å²) in [5.41, 5.74) is 5.79. The quantitative estimate of drug-likeness (QED) is 0.417. The second kappa shape index (κ2) is 7.88. The Morgan fingerprint density at radius 2 is 1.97 bits per heavy atom. The lowest BCUT2D eigenvalue weighted by Gasteiger charge is -2.20. The highest BCUT2D eigenvalue weighted by atomic mass is 32.1. The molecular formula is C23H20N6OS. The Kier molecular flexibility index (Phi) is 4.91. The number of hydrogen-bond acceptors (Lipinski definition) is 6. The molecule has 2 aromatic carbocycles. The number of carbonyl (C=O) groups is 1. The standard InChI is InChI=1S/C23H20N6OS/c1-15-9-10-20-22(16(15)2)25-23(31-20)28(13-17-6-5-11-24-12-17)21(30)14-29-19-8-4-3-7-18(19)26-27-29/h3-12H,13-14H2,1-2H3. The van der Waals surface area contributed by atoms with E-state index in [9.17, 15) is 4.79 Å². The molecule has 5 aromatic rings. The van der Waals surface area contributed by atoms with Gasteiger partial charge in [0.1, 0.15) is 12.1 Å². The number of aromatic nitrogens is 5. The highest BCUT2D eigenvalue weighted by molar-refractivity contribution is 7.22. The topological polar surface area (TPSA) is 76.8 Å². The fourth-order valence-electron chi connectivity index (χ4n) is 3.51. The number of anilines is 1. The molecule has 0 fully saturated rings. The van der Waals surface area contributed by atoms with Gasteiger partial charge in [0.05, 0.1) is 22.3 Å². The summed E-state index contributed by atoms with van der Waals surface area (Å²) in [6, 6.07) is 15.6. The molecule has 0 bridgehead atoms. The van der Waals surface area contributed by atoms with Crippen LogP contribution in [0.25, 0.3) is 21.3 Å². The van der Waals surface area contributed by atoms with Crippen LogP contribution in [-0.4, -0.2) is 30.9 Å². The number of benzene rings is 2. The molecule has 154 valence electrons. The van der Waals surface area contributed by atoms with Crippen molar-refractivity contribution in [2.24, 2.45) is 0 Å². The van der Waals surface area contributed by atoms with Crippen LogP contribution in [0.3, 0.4) is 0 Å². The maximum atomic E-state index is 13.5. The monoisotopic (exact) mass is 428 g/mol. The largest absolute Gasteiger partial charge is 0.282 e. The molecule has 7 nitrogen and oxygen atoms in total. The molecular weight excluding hydrogens is 408 g/mol. The molecule has 3 aromatic heterocycles. The van der Waals surface area contributed by atoms with E-state index in [-0.39, 0.29) is 12.5 Å². The van der Waals surface area contributed by atoms with Gasteiger partial charge in [0.2, 0.25) is 0 Å². The van der Waals surface area contributed by atoms with Crippen LogP contribution in [-0.2, 0) is 17.9 Å². The Hall–Kier alpha value is -3.65. The summed E-state index contributed by atoms with van der Waals surface area (Å²) in [6.45, 7) is 4.60. The SMILES string of the molecule is Cc1ccc2sc(N(Cc3cccnc3)C(=O)Cn3nnc4ccccc43)nc2c1C. The van der Waals surface area contributed by atoms with Crippen molar-refractivity contribution >= 4 is 43.6 Å². The van der Waals surface area contributed by atoms with Crippen LogP contribution in [0.15, 0.2) is 60.9 Å². The average molecular weight is 429 g/mol. The van der Waals surface area contributed by atoms with Crippen molar-refractivity contribution < 1.29 is 4.79 Å². The zero-order chi connectivity index (χ0) is 21.4. The van der Waals surface area contributed by atoms with E-state index < -0.39 is 0 Å². The molecule has 31 heavy (non-hydrogen) atoms. The molecule has 0 radical (unpaired) electrons. The zero-order valence-corrected chi connectivity index (χ0v) is 18.0. The molecule has 8 heteroatoms. The van der Waals surface area contributed by atoms with E-state index in [0.717, 1.165) is 32.4 Å². The van der Waals surface area contributed by atoms with E-state index in [1.165, 1.54) is 16.9 Å². The fourth-order valence-corrected chi connectivity index (χ4v) is 4.56. The molecule has 0 aliphatic rings. The number of nitrogens with zero attached hydrogens (tertiary/aromatic N) is 6. The van der Waals surface area contributed by atoms with Gasteiger partial charge in [-0.25, -0.2) is 9.67 Å². The number of amides is 1. The summed E-state index contributed by atoms with van der Waals surface area (Å²) in [7, 11) is 0. The molecule has 0 N–H and O–H groups in total. The lowest BCUT2D eigenvalue weighted by Crippen LogP contribution is -2.33. The Labute approximate surface area is 183 Å². The summed E-state index contributed by atoms with van der Waals surface area (Å²) >= 11 is 1.52. The predicted molar refractivity (Wildman–Crippen MR) is 122 cm³/mol. The summed E-state index contributed by atoms with van der Waals surface area (Å²) in [5.74, 6) is -0.104. The maximum Gasteiger partial charge on any atom is 0.250 e. The van der Waals surface area contributed by atoms with Crippen LogP contribution in [0.1, 0.15) is 16.7 Å². The van der Waals surface area contributed by atoms with Crippen molar-refractivity contribution in [3.05, 3.63) is 77.6 Å². The number of hydrogen-bond donors (Lipinski definition) is 0. The van der Waals surface area contributed by atoms with Crippen molar-refractivity contribution in [2.75, 3.05) is 4.90 Å². The predicted octanol–water partition coefficient (Wildman–Crippen LogP) is 4.29. The minimum atomic E-state index is -0.104. The van der Waals surface area contributed by atoms with E-state index in [1.807, 2.05) is 36.4 Å². The molecule has 0 saturated carbocycles. The van der Waals surface area contributed by atoms with Gasteiger partial charge >= 0.3 is 0 Å². The van der Waals surface area contributed by atoms with Crippen LogP contribution >= 0.6 is 11.3 Å². The smallest absolute Gasteiger partial charge is 0.250 e. The average Bonchev–Trinajstić information content (AvgIpc) is 3.40. The van der Waals surface area contributed by atoms with Crippen LogP contribution in [0.5, 0.6) is 0 Å². The lowest BCUT2D eigenvalue weighted by molar-refractivity contribution is -0.119. The summed E-state index contributed by atoms with van der Waals surface area (Å²) in [4.78, 5) is 24.2. The van der Waals surface area contributed by atoms with Crippen LogP contribution in [0.2, 0.25) is 0 Å². The Morgan fingerprint density at radius 3 is 2.81 bits per heavy atom. The molecule has 0 spiro atoms. The number of rotatable bonds is 5. The van der Waals surface area contributed by atoms with Gasteiger partial charge in [-0.05, 0) is 54.8 Å². The molecule has 0 saturated heterocycles. The molecule has 3 heterocycles. The molecule has 5 rings (SSSR count). The Morgan fingerprint density at radius 1 is 1.10 bits per heavy atom. The number of carbonyl (C=O) groups excluding carboxylic acids is 1. The lowest BCUT2D eigenvalue weighted by atomic mass is 10.1. The first-order valence-electron chi connectivity index (χ1n) is 9.94. The first-order chi connectivity index (χ1) is 15.1. The van der Waals surface area contributed by atoms with Crippen LogP contribution in [0.4, 0.5) is 5.13 Å². The minimum Gasteiger partial charge on any atom is -0.282 e. The van der Waals surface area contributed by atoms with Gasteiger partial charge < -0.3 is 0 Å². The van der Waals surface area contributed by atoms with Crippen molar-refractivity contribution in [2.45, 2.75) is 26.9 Å². The highest BCUT2D eigenvalue weighted by Gasteiger charge is 2.22. The minimum absolute atomic E-state index is 0.0781. The number of fused-ring (bicyclic) bond motifs is 2. The first kappa shape index (κ1) is 19.3. The normalized spacial score (nSPS) is 11.3.